The number of hydrogen-bond donors (Lipinski definition) is 1. The lowest BCUT2D eigenvalue weighted by Gasteiger charge is -2.30. The second-order valence-electron chi connectivity index (χ2n) is 6.98. The van der Waals surface area contributed by atoms with E-state index in [0.29, 0.717) is 18.9 Å². The van der Waals surface area contributed by atoms with Crippen LogP contribution in [0.1, 0.15) is 61.5 Å². The van der Waals surface area contributed by atoms with Gasteiger partial charge in [0.1, 0.15) is 0 Å². The molecule has 2 N–H and O–H groups in total. The molecule has 1 aromatic carbocycles. The number of ketones is 1. The van der Waals surface area contributed by atoms with E-state index in [1.165, 1.54) is 0 Å². The van der Waals surface area contributed by atoms with Crippen LogP contribution in [0.3, 0.4) is 0 Å². The fourth-order valence-electron chi connectivity index (χ4n) is 2.80. The molecule has 0 heterocycles. The highest BCUT2D eigenvalue weighted by Crippen LogP contribution is 2.32. The molecule has 1 unspecified atom stereocenters. The summed E-state index contributed by atoms with van der Waals surface area (Å²) >= 11 is 0. The van der Waals surface area contributed by atoms with Gasteiger partial charge in [-0.2, -0.15) is 0 Å². The Balaban J connectivity index is 2.70. The molecule has 0 fully saturated rings. The van der Waals surface area contributed by atoms with Crippen molar-refractivity contribution in [2.75, 3.05) is 6.54 Å². The molecule has 0 saturated heterocycles. The number of benzene rings is 1. The first-order valence-electron chi connectivity index (χ1n) is 7.55. The zero-order valence-corrected chi connectivity index (χ0v) is 13.6. The number of Topliss-reactive ketones (excluding diaryl/α,β-unsaturated/α-hetero) is 1. The minimum Gasteiger partial charge on any atom is -0.330 e. The largest absolute Gasteiger partial charge is 0.330 e. The zero-order chi connectivity index (χ0) is 15.3. The second kappa shape index (κ2) is 7.03. The smallest absolute Gasteiger partial charge is 0.162 e. The van der Waals surface area contributed by atoms with Gasteiger partial charge in [-0.3, -0.25) is 4.79 Å². The van der Waals surface area contributed by atoms with Crippen molar-refractivity contribution in [2.45, 2.75) is 53.9 Å². The molecule has 0 spiro atoms. The van der Waals surface area contributed by atoms with E-state index >= 15 is 0 Å². The Hall–Kier alpha value is -1.15. The maximum Gasteiger partial charge on any atom is 0.162 e. The molecule has 1 aromatic rings. The maximum absolute atomic E-state index is 12.4. The summed E-state index contributed by atoms with van der Waals surface area (Å²) in [6.07, 6.45) is 2.53. The molecule has 0 aliphatic heterocycles. The van der Waals surface area contributed by atoms with Gasteiger partial charge in [0.2, 0.25) is 0 Å². The zero-order valence-electron chi connectivity index (χ0n) is 13.6. The molecule has 112 valence electrons. The molecule has 1 rings (SSSR count). The summed E-state index contributed by atoms with van der Waals surface area (Å²) in [6.45, 7) is 11.5. The summed E-state index contributed by atoms with van der Waals surface area (Å²) < 4.78 is 0. The molecule has 0 radical (unpaired) electrons. The minimum absolute atomic E-state index is 0.210. The van der Waals surface area contributed by atoms with Gasteiger partial charge in [-0.1, -0.05) is 38.0 Å². The van der Waals surface area contributed by atoms with Crippen LogP contribution in [-0.2, 0) is 0 Å². The van der Waals surface area contributed by atoms with Crippen molar-refractivity contribution < 1.29 is 4.79 Å². The summed E-state index contributed by atoms with van der Waals surface area (Å²) in [4.78, 5) is 12.4. The number of carbonyl (C=O) groups excluding carboxylic acids is 1. The maximum atomic E-state index is 12.4. The Morgan fingerprint density at radius 2 is 1.65 bits per heavy atom. The van der Waals surface area contributed by atoms with Crippen LogP contribution in [0.25, 0.3) is 0 Å². The van der Waals surface area contributed by atoms with Crippen LogP contribution < -0.4 is 5.73 Å². The lowest BCUT2D eigenvalue weighted by Crippen LogP contribution is -2.24. The standard InChI is InChI=1S/C18H29NO/c1-13-10-14(2)12-15(11-13)17(20)7-6-16(8-9-19)18(3,4)5/h10-12,16H,6-9,19H2,1-5H3. The SMILES string of the molecule is Cc1cc(C)cc(C(=O)CCC(CCN)C(C)(C)C)c1. The van der Waals surface area contributed by atoms with Gasteiger partial charge in [0.25, 0.3) is 0 Å². The van der Waals surface area contributed by atoms with Crippen LogP contribution in [0.5, 0.6) is 0 Å². The first-order valence-corrected chi connectivity index (χ1v) is 7.55. The van der Waals surface area contributed by atoms with Gasteiger partial charge in [-0.05, 0) is 56.7 Å². The second-order valence-corrected chi connectivity index (χ2v) is 6.98. The van der Waals surface area contributed by atoms with E-state index in [2.05, 4.69) is 26.8 Å². The van der Waals surface area contributed by atoms with Crippen molar-refractivity contribution >= 4 is 5.78 Å². The summed E-state index contributed by atoms with van der Waals surface area (Å²) in [5, 5.41) is 0. The van der Waals surface area contributed by atoms with Gasteiger partial charge in [-0.15, -0.1) is 0 Å². The number of rotatable bonds is 6. The third-order valence-corrected chi connectivity index (χ3v) is 4.00. The first-order chi connectivity index (χ1) is 9.24. The molecule has 0 aromatic heterocycles. The first kappa shape index (κ1) is 16.9. The van der Waals surface area contributed by atoms with Gasteiger partial charge in [0, 0.05) is 12.0 Å². The van der Waals surface area contributed by atoms with Crippen molar-refractivity contribution in [3.8, 4) is 0 Å². The average molecular weight is 275 g/mol. The third-order valence-electron chi connectivity index (χ3n) is 4.00. The van der Waals surface area contributed by atoms with Gasteiger partial charge < -0.3 is 5.73 Å². The van der Waals surface area contributed by atoms with Gasteiger partial charge >= 0.3 is 0 Å². The molecule has 0 aliphatic carbocycles. The fourth-order valence-corrected chi connectivity index (χ4v) is 2.80. The van der Waals surface area contributed by atoms with E-state index < -0.39 is 0 Å². The van der Waals surface area contributed by atoms with Crippen molar-refractivity contribution in [1.29, 1.82) is 0 Å². The summed E-state index contributed by atoms with van der Waals surface area (Å²) in [5.74, 6) is 0.755. The highest BCUT2D eigenvalue weighted by Gasteiger charge is 2.24. The molecule has 2 heteroatoms. The Labute approximate surface area is 123 Å². The number of hydrogen-bond acceptors (Lipinski definition) is 2. The molecular formula is C18H29NO. The topological polar surface area (TPSA) is 43.1 Å². The third kappa shape index (κ3) is 5.09. The van der Waals surface area contributed by atoms with Gasteiger partial charge in [0.05, 0.1) is 0 Å². The highest BCUT2D eigenvalue weighted by molar-refractivity contribution is 5.96. The molecule has 0 bridgehead atoms. The fraction of sp³-hybridized carbons (Fsp3) is 0.611. The number of nitrogens with two attached hydrogens (primary N) is 1. The lowest BCUT2D eigenvalue weighted by molar-refractivity contribution is 0.0957. The van der Waals surface area contributed by atoms with Crippen LogP contribution in [0.4, 0.5) is 0 Å². The Bertz CT molecular complexity index is 437. The summed E-state index contributed by atoms with van der Waals surface area (Å²) in [7, 11) is 0. The lowest BCUT2D eigenvalue weighted by atomic mass is 9.75. The Morgan fingerprint density at radius 1 is 1.10 bits per heavy atom. The van der Waals surface area contributed by atoms with Crippen LogP contribution in [-0.4, -0.2) is 12.3 Å². The van der Waals surface area contributed by atoms with E-state index in [-0.39, 0.29) is 11.2 Å². The Kier molecular flexibility index (Phi) is 5.94. The van der Waals surface area contributed by atoms with E-state index in [9.17, 15) is 4.79 Å². The van der Waals surface area contributed by atoms with Crippen molar-refractivity contribution in [2.24, 2.45) is 17.1 Å². The number of aryl methyl sites for hydroxylation is 2. The van der Waals surface area contributed by atoms with Crippen LogP contribution in [0, 0.1) is 25.2 Å². The monoisotopic (exact) mass is 275 g/mol. The van der Waals surface area contributed by atoms with Crippen LogP contribution in [0.15, 0.2) is 18.2 Å². The van der Waals surface area contributed by atoms with E-state index in [4.69, 9.17) is 5.73 Å². The van der Waals surface area contributed by atoms with Crippen molar-refractivity contribution in [3.63, 3.8) is 0 Å². The predicted molar refractivity (Wildman–Crippen MR) is 86.1 cm³/mol. The van der Waals surface area contributed by atoms with Crippen LogP contribution >= 0.6 is 0 Å². The molecule has 20 heavy (non-hydrogen) atoms. The Morgan fingerprint density at radius 3 is 2.10 bits per heavy atom. The molecule has 0 saturated carbocycles. The van der Waals surface area contributed by atoms with Gasteiger partial charge in [-0.25, -0.2) is 0 Å². The number of carbonyl (C=O) groups is 1. The van der Waals surface area contributed by atoms with Crippen molar-refractivity contribution in [1.82, 2.24) is 0 Å². The molecule has 2 nitrogen and oxygen atoms in total. The normalized spacial score (nSPS) is 13.3. The molecule has 0 aliphatic rings. The molecule has 1 atom stereocenters. The quantitative estimate of drug-likeness (QED) is 0.787. The van der Waals surface area contributed by atoms with E-state index in [0.717, 1.165) is 29.5 Å². The predicted octanol–water partition coefficient (Wildman–Crippen LogP) is 4.28. The van der Waals surface area contributed by atoms with Crippen LogP contribution in [0.2, 0.25) is 0 Å². The van der Waals surface area contributed by atoms with Gasteiger partial charge in [0.15, 0.2) is 5.78 Å². The average Bonchev–Trinajstić information content (AvgIpc) is 2.31. The van der Waals surface area contributed by atoms with E-state index in [1.807, 2.05) is 26.0 Å². The molecular weight excluding hydrogens is 246 g/mol. The summed E-state index contributed by atoms with van der Waals surface area (Å²) in [5.41, 5.74) is 9.07. The van der Waals surface area contributed by atoms with E-state index in [1.54, 1.807) is 0 Å². The van der Waals surface area contributed by atoms with Crippen molar-refractivity contribution in [3.05, 3.63) is 34.9 Å². The highest BCUT2D eigenvalue weighted by atomic mass is 16.1. The molecule has 0 amide bonds. The summed E-state index contributed by atoms with van der Waals surface area (Å²) in [6, 6.07) is 6.08. The minimum atomic E-state index is 0.210.